The van der Waals surface area contributed by atoms with Crippen LogP contribution in [0.5, 0.6) is 0 Å². The molecule has 0 bridgehead atoms. The highest BCUT2D eigenvalue weighted by molar-refractivity contribution is 5.92. The SMILES string of the molecule is CC(=O)N1C=Cc2ccccc2C1CC(=O)Nc1ccc(F)c(-c2nnc3n2CCCCC3)c1. The lowest BCUT2D eigenvalue weighted by atomic mass is 9.93. The number of hydrogen-bond donors (Lipinski definition) is 1. The molecule has 0 aliphatic carbocycles. The summed E-state index contributed by atoms with van der Waals surface area (Å²) in [6.45, 7) is 2.24. The molecule has 0 saturated heterocycles. The smallest absolute Gasteiger partial charge is 0.226 e. The van der Waals surface area contributed by atoms with Gasteiger partial charge in [-0.05, 0) is 48.2 Å². The average molecular weight is 460 g/mol. The normalized spacial score (nSPS) is 17.0. The third-order valence-corrected chi connectivity index (χ3v) is 6.45. The van der Waals surface area contributed by atoms with Gasteiger partial charge < -0.3 is 14.8 Å². The molecule has 0 spiro atoms. The molecule has 1 unspecified atom stereocenters. The molecule has 5 rings (SSSR count). The van der Waals surface area contributed by atoms with Gasteiger partial charge in [0.15, 0.2) is 5.82 Å². The summed E-state index contributed by atoms with van der Waals surface area (Å²) < 4.78 is 16.8. The molecule has 7 nitrogen and oxygen atoms in total. The number of nitrogens with zero attached hydrogens (tertiary/aromatic N) is 4. The van der Waals surface area contributed by atoms with E-state index in [9.17, 15) is 14.0 Å². The van der Waals surface area contributed by atoms with Crippen LogP contribution in [0.2, 0.25) is 0 Å². The molecule has 2 aliphatic rings. The molecular formula is C26H26FN5O2. The molecule has 2 amide bonds. The van der Waals surface area contributed by atoms with Crippen LogP contribution in [0.15, 0.2) is 48.7 Å². The molecule has 1 N–H and O–H groups in total. The first kappa shape index (κ1) is 22.0. The maximum absolute atomic E-state index is 14.8. The van der Waals surface area contributed by atoms with Crippen molar-refractivity contribution in [3.05, 3.63) is 71.4 Å². The molecule has 34 heavy (non-hydrogen) atoms. The average Bonchev–Trinajstić information content (AvgIpc) is 3.07. The van der Waals surface area contributed by atoms with E-state index in [1.54, 1.807) is 17.2 Å². The maximum atomic E-state index is 14.8. The fourth-order valence-electron chi connectivity index (χ4n) is 4.76. The van der Waals surface area contributed by atoms with E-state index in [1.165, 1.54) is 19.1 Å². The van der Waals surface area contributed by atoms with Crippen LogP contribution in [0, 0.1) is 5.82 Å². The van der Waals surface area contributed by atoms with Crippen LogP contribution in [0.25, 0.3) is 17.5 Å². The van der Waals surface area contributed by atoms with E-state index in [1.807, 2.05) is 34.9 Å². The molecule has 3 aromatic rings. The van der Waals surface area contributed by atoms with Crippen molar-refractivity contribution in [1.29, 1.82) is 0 Å². The minimum Gasteiger partial charge on any atom is -0.326 e. The van der Waals surface area contributed by atoms with Gasteiger partial charge in [0.25, 0.3) is 0 Å². The third-order valence-electron chi connectivity index (χ3n) is 6.45. The fourth-order valence-corrected chi connectivity index (χ4v) is 4.76. The number of aryl methyl sites for hydroxylation is 1. The minimum atomic E-state index is -0.411. The molecule has 2 aliphatic heterocycles. The molecule has 1 aromatic heterocycles. The van der Waals surface area contributed by atoms with Crippen LogP contribution < -0.4 is 5.32 Å². The van der Waals surface area contributed by atoms with Gasteiger partial charge in [-0.2, -0.15) is 0 Å². The van der Waals surface area contributed by atoms with Crippen molar-refractivity contribution in [2.45, 2.75) is 51.6 Å². The van der Waals surface area contributed by atoms with E-state index in [0.717, 1.165) is 49.2 Å². The van der Waals surface area contributed by atoms with Gasteiger partial charge in [-0.3, -0.25) is 9.59 Å². The van der Waals surface area contributed by atoms with Crippen molar-refractivity contribution in [3.8, 4) is 11.4 Å². The zero-order valence-electron chi connectivity index (χ0n) is 19.0. The predicted octanol–water partition coefficient (Wildman–Crippen LogP) is 4.71. The largest absolute Gasteiger partial charge is 0.326 e. The van der Waals surface area contributed by atoms with Gasteiger partial charge in [0.1, 0.15) is 11.6 Å². The van der Waals surface area contributed by atoms with E-state index >= 15 is 0 Å². The van der Waals surface area contributed by atoms with Crippen molar-refractivity contribution in [3.63, 3.8) is 0 Å². The highest BCUT2D eigenvalue weighted by Crippen LogP contribution is 2.33. The lowest BCUT2D eigenvalue weighted by Crippen LogP contribution is -2.33. The van der Waals surface area contributed by atoms with Gasteiger partial charge in [0.05, 0.1) is 18.0 Å². The Hall–Kier alpha value is -3.81. The number of amides is 2. The Balaban J connectivity index is 1.38. The highest BCUT2D eigenvalue weighted by atomic mass is 19.1. The second-order valence-electron chi connectivity index (χ2n) is 8.74. The summed E-state index contributed by atoms with van der Waals surface area (Å²) in [6.07, 6.45) is 7.66. The summed E-state index contributed by atoms with van der Waals surface area (Å²) in [5, 5.41) is 11.4. The summed E-state index contributed by atoms with van der Waals surface area (Å²) in [5.74, 6) is 0.542. The molecule has 3 heterocycles. The fraction of sp³-hybridized carbons (Fsp3) is 0.308. The Morgan fingerprint density at radius 3 is 2.82 bits per heavy atom. The van der Waals surface area contributed by atoms with E-state index < -0.39 is 11.9 Å². The van der Waals surface area contributed by atoms with Gasteiger partial charge in [-0.1, -0.05) is 30.7 Å². The molecule has 0 saturated carbocycles. The lowest BCUT2D eigenvalue weighted by Gasteiger charge is -2.32. The molecule has 1 atom stereocenters. The first-order chi connectivity index (χ1) is 16.5. The zero-order chi connectivity index (χ0) is 23.7. The van der Waals surface area contributed by atoms with Crippen molar-refractivity contribution in [2.75, 3.05) is 5.32 Å². The number of rotatable bonds is 4. The van der Waals surface area contributed by atoms with E-state index in [2.05, 4.69) is 15.5 Å². The number of carbonyl (C=O) groups excluding carboxylic acids is 2. The number of anilines is 1. The molecule has 0 fully saturated rings. The third kappa shape index (κ3) is 4.23. The number of fused-ring (bicyclic) bond motifs is 2. The molecule has 0 radical (unpaired) electrons. The van der Waals surface area contributed by atoms with Crippen molar-refractivity contribution in [2.24, 2.45) is 0 Å². The van der Waals surface area contributed by atoms with Gasteiger partial charge >= 0.3 is 0 Å². The number of hydrogen-bond acceptors (Lipinski definition) is 4. The topological polar surface area (TPSA) is 80.1 Å². The predicted molar refractivity (Wildman–Crippen MR) is 127 cm³/mol. The number of aromatic nitrogens is 3. The Kier molecular flexibility index (Phi) is 5.96. The summed E-state index contributed by atoms with van der Waals surface area (Å²) in [4.78, 5) is 26.8. The first-order valence-corrected chi connectivity index (χ1v) is 11.6. The zero-order valence-corrected chi connectivity index (χ0v) is 19.0. The van der Waals surface area contributed by atoms with Crippen LogP contribution >= 0.6 is 0 Å². The maximum Gasteiger partial charge on any atom is 0.226 e. The molecular weight excluding hydrogens is 433 g/mol. The van der Waals surface area contributed by atoms with Crippen LogP contribution in [0.4, 0.5) is 10.1 Å². The van der Waals surface area contributed by atoms with Crippen LogP contribution in [0.3, 0.4) is 0 Å². The molecule has 8 heteroatoms. The summed E-state index contributed by atoms with van der Waals surface area (Å²) in [7, 11) is 0. The van der Waals surface area contributed by atoms with Gasteiger partial charge in [-0.15, -0.1) is 10.2 Å². The quantitative estimate of drug-likeness (QED) is 0.613. The molecule has 2 aromatic carbocycles. The van der Waals surface area contributed by atoms with Gasteiger partial charge in [0, 0.05) is 31.8 Å². The Labute approximate surface area is 197 Å². The number of carbonyl (C=O) groups is 2. The van der Waals surface area contributed by atoms with Crippen molar-refractivity contribution >= 4 is 23.6 Å². The number of nitrogens with one attached hydrogen (secondary N) is 1. The Morgan fingerprint density at radius 2 is 1.97 bits per heavy atom. The minimum absolute atomic E-state index is 0.0774. The highest BCUT2D eigenvalue weighted by Gasteiger charge is 2.28. The summed E-state index contributed by atoms with van der Waals surface area (Å²) >= 11 is 0. The van der Waals surface area contributed by atoms with E-state index in [-0.39, 0.29) is 18.2 Å². The van der Waals surface area contributed by atoms with Crippen LogP contribution in [-0.4, -0.2) is 31.5 Å². The molecule has 174 valence electrons. The van der Waals surface area contributed by atoms with E-state index in [4.69, 9.17) is 0 Å². The second-order valence-corrected chi connectivity index (χ2v) is 8.74. The second kappa shape index (κ2) is 9.21. The van der Waals surface area contributed by atoms with Crippen molar-refractivity contribution in [1.82, 2.24) is 19.7 Å². The standard InChI is InChI=1S/C26H26FN5O2/c1-17(33)31-14-12-18-7-4-5-8-20(18)23(31)16-25(34)28-19-10-11-22(27)21(15-19)26-30-29-24-9-3-2-6-13-32(24)26/h4-5,7-8,10-12,14-15,23H,2-3,6,9,13,16H2,1H3,(H,28,34). The van der Waals surface area contributed by atoms with Crippen LogP contribution in [0.1, 0.15) is 55.6 Å². The monoisotopic (exact) mass is 459 g/mol. The number of benzene rings is 2. The Morgan fingerprint density at radius 1 is 1.12 bits per heavy atom. The summed E-state index contributed by atoms with van der Waals surface area (Å²) in [6, 6.07) is 11.8. The lowest BCUT2D eigenvalue weighted by molar-refractivity contribution is -0.129. The first-order valence-electron chi connectivity index (χ1n) is 11.6. The Bertz CT molecular complexity index is 1280. The van der Waals surface area contributed by atoms with Crippen LogP contribution in [-0.2, 0) is 22.6 Å². The van der Waals surface area contributed by atoms with Crippen molar-refractivity contribution < 1.29 is 14.0 Å². The van der Waals surface area contributed by atoms with E-state index in [0.29, 0.717) is 17.1 Å². The summed E-state index contributed by atoms with van der Waals surface area (Å²) in [5.41, 5.74) is 2.69. The number of halogens is 1. The van der Waals surface area contributed by atoms with Gasteiger partial charge in [-0.25, -0.2) is 4.39 Å². The van der Waals surface area contributed by atoms with Gasteiger partial charge in [0.2, 0.25) is 11.8 Å².